The number of carboxylic acid groups (broad SMARTS) is 1. The summed E-state index contributed by atoms with van der Waals surface area (Å²) in [5, 5.41) is 27.2. The Balaban J connectivity index is 2.87. The van der Waals surface area contributed by atoms with E-state index in [0.717, 1.165) is 0 Å². The molecule has 0 amide bonds. The number of H-pyrrole nitrogens is 1. The van der Waals surface area contributed by atoms with Gasteiger partial charge in [0.1, 0.15) is 11.1 Å². The average molecular weight is 248 g/mol. The third-order valence-corrected chi connectivity index (χ3v) is 2.25. The Morgan fingerprint density at radius 3 is 2.62 bits per heavy atom. The first-order valence-electron chi connectivity index (χ1n) is 4.38. The third-order valence-electron chi connectivity index (χ3n) is 1.97. The number of aliphatic hydroxyl groups excluding tert-OH is 2. The molecule has 0 saturated carbocycles. The first kappa shape index (κ1) is 12.7. The number of carboxylic acids is 1. The van der Waals surface area contributed by atoms with Crippen molar-refractivity contribution in [3.8, 4) is 0 Å². The summed E-state index contributed by atoms with van der Waals surface area (Å²) in [7, 11) is 0. The van der Waals surface area contributed by atoms with Crippen molar-refractivity contribution in [3.05, 3.63) is 33.2 Å². The molecule has 0 spiro atoms. The van der Waals surface area contributed by atoms with Crippen LogP contribution in [0.5, 0.6) is 0 Å². The monoisotopic (exact) mass is 247 g/mol. The van der Waals surface area contributed by atoms with Gasteiger partial charge in [0.25, 0.3) is 5.56 Å². The molecule has 0 aliphatic rings. The number of aliphatic carboxylic acids is 1. The Kier molecular flexibility index (Phi) is 4.05. The van der Waals surface area contributed by atoms with Gasteiger partial charge in [-0.2, -0.15) is 0 Å². The molecule has 1 heterocycles. The van der Waals surface area contributed by atoms with Crippen LogP contribution in [0, 0.1) is 0 Å². The number of carbonyl (C=O) groups is 1. The lowest BCUT2D eigenvalue weighted by atomic mass is 10.0. The van der Waals surface area contributed by atoms with Crippen LogP contribution in [0.15, 0.2) is 17.1 Å². The van der Waals surface area contributed by atoms with Crippen LogP contribution in [0.3, 0.4) is 0 Å². The van der Waals surface area contributed by atoms with E-state index in [0.29, 0.717) is 0 Å². The van der Waals surface area contributed by atoms with Gasteiger partial charge in [0, 0.05) is 11.8 Å². The number of rotatable bonds is 4. The molecule has 0 aromatic carbocycles. The summed E-state index contributed by atoms with van der Waals surface area (Å²) in [6.07, 6.45) is -2.30. The normalized spacial score (nSPS) is 14.4. The number of hydrogen-bond donors (Lipinski definition) is 4. The smallest absolute Gasteiger partial charge is 0.306 e. The third kappa shape index (κ3) is 3.06. The van der Waals surface area contributed by atoms with E-state index >= 15 is 0 Å². The van der Waals surface area contributed by atoms with Crippen LogP contribution in [0.1, 0.15) is 18.1 Å². The number of pyridine rings is 1. The molecule has 16 heavy (non-hydrogen) atoms. The predicted molar refractivity (Wildman–Crippen MR) is 55.3 cm³/mol. The molecule has 1 aromatic heterocycles. The lowest BCUT2D eigenvalue weighted by Crippen LogP contribution is -2.22. The highest BCUT2D eigenvalue weighted by molar-refractivity contribution is 6.30. The topological polar surface area (TPSA) is 111 Å². The highest BCUT2D eigenvalue weighted by atomic mass is 35.5. The molecule has 1 aromatic rings. The fourth-order valence-corrected chi connectivity index (χ4v) is 1.34. The van der Waals surface area contributed by atoms with Crippen LogP contribution < -0.4 is 5.56 Å². The number of hydrogen-bond acceptors (Lipinski definition) is 4. The minimum Gasteiger partial charge on any atom is -0.481 e. The average Bonchev–Trinajstić information content (AvgIpc) is 2.20. The van der Waals surface area contributed by atoms with Gasteiger partial charge >= 0.3 is 5.97 Å². The van der Waals surface area contributed by atoms with Crippen molar-refractivity contribution in [1.82, 2.24) is 4.98 Å². The van der Waals surface area contributed by atoms with Gasteiger partial charge in [-0.1, -0.05) is 11.6 Å². The highest BCUT2D eigenvalue weighted by Gasteiger charge is 2.21. The SMILES string of the molecule is O=C(O)CC(O)C(O)c1c[nH]c(=O)c(Cl)c1. The molecule has 0 bridgehead atoms. The van der Waals surface area contributed by atoms with Gasteiger partial charge in [0.15, 0.2) is 0 Å². The van der Waals surface area contributed by atoms with E-state index < -0.39 is 30.2 Å². The molecule has 6 nitrogen and oxygen atoms in total. The van der Waals surface area contributed by atoms with E-state index in [9.17, 15) is 19.8 Å². The summed E-state index contributed by atoms with van der Waals surface area (Å²) in [4.78, 5) is 23.5. The van der Waals surface area contributed by atoms with E-state index in [4.69, 9.17) is 16.7 Å². The van der Waals surface area contributed by atoms with Gasteiger partial charge in [-0.25, -0.2) is 0 Å². The van der Waals surface area contributed by atoms with Gasteiger partial charge in [-0.15, -0.1) is 0 Å². The second-order valence-corrected chi connectivity index (χ2v) is 3.63. The molecule has 1 rings (SSSR count). The maximum atomic E-state index is 10.9. The number of aliphatic hydroxyl groups is 2. The summed E-state index contributed by atoms with van der Waals surface area (Å²) in [5.74, 6) is -1.23. The zero-order chi connectivity index (χ0) is 12.3. The summed E-state index contributed by atoms with van der Waals surface area (Å²) in [5.41, 5.74) is -0.372. The molecule has 2 atom stereocenters. The first-order valence-corrected chi connectivity index (χ1v) is 4.75. The Labute approximate surface area is 95.1 Å². The zero-order valence-electron chi connectivity index (χ0n) is 8.05. The Morgan fingerprint density at radius 1 is 1.50 bits per heavy atom. The Bertz CT molecular complexity index is 444. The maximum Gasteiger partial charge on any atom is 0.306 e. The first-order chi connectivity index (χ1) is 7.41. The van der Waals surface area contributed by atoms with Crippen molar-refractivity contribution >= 4 is 17.6 Å². The standard InChI is InChI=1S/C9H10ClNO5/c10-5-1-4(3-11-9(5)16)8(15)6(12)2-7(13)14/h1,3,6,8,12,15H,2H2,(H,11,16)(H,13,14). The van der Waals surface area contributed by atoms with E-state index in [1.807, 2.05) is 0 Å². The van der Waals surface area contributed by atoms with E-state index in [1.165, 1.54) is 12.3 Å². The fraction of sp³-hybridized carbons (Fsp3) is 0.333. The van der Waals surface area contributed by atoms with Crippen molar-refractivity contribution in [3.63, 3.8) is 0 Å². The molecule has 0 fully saturated rings. The summed E-state index contributed by atoms with van der Waals surface area (Å²) in [6.45, 7) is 0. The van der Waals surface area contributed by atoms with Crippen molar-refractivity contribution in [2.45, 2.75) is 18.6 Å². The predicted octanol–water partition coefficient (Wildman–Crippen LogP) is -0.103. The van der Waals surface area contributed by atoms with E-state index in [1.54, 1.807) is 0 Å². The zero-order valence-corrected chi connectivity index (χ0v) is 8.81. The van der Waals surface area contributed by atoms with Crippen molar-refractivity contribution < 1.29 is 20.1 Å². The van der Waals surface area contributed by atoms with Crippen LogP contribution in [0.25, 0.3) is 0 Å². The van der Waals surface area contributed by atoms with Crippen LogP contribution in [-0.4, -0.2) is 32.4 Å². The molecule has 0 aliphatic carbocycles. The van der Waals surface area contributed by atoms with Crippen LogP contribution >= 0.6 is 11.6 Å². The van der Waals surface area contributed by atoms with Crippen LogP contribution in [0.2, 0.25) is 5.02 Å². The van der Waals surface area contributed by atoms with E-state index in [-0.39, 0.29) is 10.6 Å². The van der Waals surface area contributed by atoms with E-state index in [2.05, 4.69) is 4.98 Å². The van der Waals surface area contributed by atoms with Crippen molar-refractivity contribution in [2.75, 3.05) is 0 Å². The maximum absolute atomic E-state index is 10.9. The van der Waals surface area contributed by atoms with Crippen LogP contribution in [-0.2, 0) is 4.79 Å². The number of aromatic amines is 1. The summed E-state index contributed by atoms with van der Waals surface area (Å²) in [6, 6.07) is 1.18. The van der Waals surface area contributed by atoms with Gasteiger partial charge < -0.3 is 20.3 Å². The number of aromatic nitrogens is 1. The largest absolute Gasteiger partial charge is 0.481 e. The highest BCUT2D eigenvalue weighted by Crippen LogP contribution is 2.19. The molecular formula is C9H10ClNO5. The van der Waals surface area contributed by atoms with Gasteiger partial charge in [0.2, 0.25) is 0 Å². The molecular weight excluding hydrogens is 238 g/mol. The lowest BCUT2D eigenvalue weighted by molar-refractivity contribution is -0.141. The van der Waals surface area contributed by atoms with Crippen molar-refractivity contribution in [2.24, 2.45) is 0 Å². The minimum atomic E-state index is -1.46. The second kappa shape index (κ2) is 5.11. The number of nitrogens with one attached hydrogen (secondary N) is 1. The second-order valence-electron chi connectivity index (χ2n) is 3.22. The summed E-state index contributed by atoms with van der Waals surface area (Å²) < 4.78 is 0. The molecule has 88 valence electrons. The van der Waals surface area contributed by atoms with Gasteiger partial charge in [-0.3, -0.25) is 9.59 Å². The Morgan fingerprint density at radius 2 is 2.12 bits per heavy atom. The molecule has 0 aliphatic heterocycles. The summed E-state index contributed by atoms with van der Waals surface area (Å²) >= 11 is 5.52. The molecule has 4 N–H and O–H groups in total. The van der Waals surface area contributed by atoms with Crippen molar-refractivity contribution in [1.29, 1.82) is 0 Å². The van der Waals surface area contributed by atoms with Gasteiger partial charge in [0.05, 0.1) is 12.5 Å². The quantitative estimate of drug-likeness (QED) is 0.594. The molecule has 7 heteroatoms. The fourth-order valence-electron chi connectivity index (χ4n) is 1.15. The molecule has 0 radical (unpaired) electrons. The molecule has 0 saturated heterocycles. The molecule has 2 unspecified atom stereocenters. The van der Waals surface area contributed by atoms with Crippen LogP contribution in [0.4, 0.5) is 0 Å². The lowest BCUT2D eigenvalue weighted by Gasteiger charge is -2.16. The Hall–Kier alpha value is -1.37. The number of halogens is 1. The van der Waals surface area contributed by atoms with Gasteiger partial charge in [-0.05, 0) is 6.07 Å². The minimum absolute atomic E-state index is 0.140.